The maximum Gasteiger partial charge on any atom is 0.329 e. The van der Waals surface area contributed by atoms with Crippen LogP contribution in [0.4, 0.5) is 0 Å². The second-order valence-electron chi connectivity index (χ2n) is 7.29. The first-order valence-corrected chi connectivity index (χ1v) is 9.68. The van der Waals surface area contributed by atoms with Gasteiger partial charge in [0.1, 0.15) is 25.0 Å². The number of likely N-dealkylation sites (tertiary alicyclic amines) is 1. The van der Waals surface area contributed by atoms with Crippen LogP contribution in [0.1, 0.15) is 49.9 Å². The summed E-state index contributed by atoms with van der Waals surface area (Å²) in [4.78, 5) is 50.1. The second-order valence-corrected chi connectivity index (χ2v) is 7.29. The van der Waals surface area contributed by atoms with Crippen molar-refractivity contribution in [3.63, 3.8) is 0 Å². The van der Waals surface area contributed by atoms with Gasteiger partial charge in [-0.15, -0.1) is 0 Å². The number of Topliss-reactive ketones (excluding diaryl/α,β-unsaturated/α-hetero) is 1. The molecule has 2 amide bonds. The van der Waals surface area contributed by atoms with Crippen LogP contribution in [-0.2, 0) is 19.1 Å². The van der Waals surface area contributed by atoms with Crippen molar-refractivity contribution in [1.82, 2.24) is 4.90 Å². The normalized spacial score (nSPS) is 22.6. The minimum atomic E-state index is -0.949. The lowest BCUT2D eigenvalue weighted by molar-refractivity contribution is -0.158. The van der Waals surface area contributed by atoms with Gasteiger partial charge in [0, 0.05) is 0 Å². The first-order valence-electron chi connectivity index (χ1n) is 9.68. The predicted octanol–water partition coefficient (Wildman–Crippen LogP) is 2.37. The Morgan fingerprint density at radius 2 is 1.68 bits per heavy atom. The van der Waals surface area contributed by atoms with Gasteiger partial charge in [-0.2, -0.15) is 0 Å². The van der Waals surface area contributed by atoms with Gasteiger partial charge in [0.05, 0.1) is 17.4 Å². The van der Waals surface area contributed by atoms with Gasteiger partial charge in [0.15, 0.2) is 5.78 Å². The highest BCUT2D eigenvalue weighted by molar-refractivity contribution is 6.07. The zero-order valence-electron chi connectivity index (χ0n) is 16.2. The molecule has 0 bridgehead atoms. The molecule has 1 saturated carbocycles. The van der Waals surface area contributed by atoms with Crippen molar-refractivity contribution in [2.75, 3.05) is 13.2 Å². The van der Waals surface area contributed by atoms with E-state index in [0.29, 0.717) is 24.2 Å². The minimum Gasteiger partial charge on any atom is -0.489 e. The van der Waals surface area contributed by atoms with Crippen LogP contribution in [0.3, 0.4) is 0 Å². The number of nitrogens with zero attached hydrogens (tertiary/aromatic N) is 1. The van der Waals surface area contributed by atoms with E-state index < -0.39 is 12.0 Å². The summed E-state index contributed by atoms with van der Waals surface area (Å²) < 4.78 is 10.7. The molecule has 3 atom stereocenters. The number of carbonyl (C=O) groups excluding carboxylic acids is 4. The highest BCUT2D eigenvalue weighted by atomic mass is 16.6. The van der Waals surface area contributed by atoms with Crippen molar-refractivity contribution >= 4 is 23.6 Å². The number of rotatable bonds is 7. The Morgan fingerprint density at radius 3 is 2.29 bits per heavy atom. The van der Waals surface area contributed by atoms with E-state index in [4.69, 9.17) is 9.47 Å². The highest BCUT2D eigenvalue weighted by Gasteiger charge is 2.51. The Balaban J connectivity index is 1.52. The van der Waals surface area contributed by atoms with Crippen LogP contribution in [-0.4, -0.2) is 47.7 Å². The highest BCUT2D eigenvalue weighted by Crippen LogP contribution is 2.38. The molecular formula is C21H25NO6. The molecule has 7 nitrogen and oxygen atoms in total. The molecule has 28 heavy (non-hydrogen) atoms. The summed E-state index contributed by atoms with van der Waals surface area (Å²) >= 11 is 0. The summed E-state index contributed by atoms with van der Waals surface area (Å²) in [7, 11) is 0. The summed E-state index contributed by atoms with van der Waals surface area (Å²) in [6.07, 6.45) is 3.28. The molecule has 1 aliphatic carbocycles. The molecular weight excluding hydrogens is 362 g/mol. The molecule has 1 aromatic carbocycles. The Bertz CT molecular complexity index is 765. The summed E-state index contributed by atoms with van der Waals surface area (Å²) in [6, 6.07) is 5.88. The Kier molecular flexibility index (Phi) is 6.11. The van der Waals surface area contributed by atoms with Gasteiger partial charge in [0.25, 0.3) is 0 Å². The molecule has 0 unspecified atom stereocenters. The zero-order valence-corrected chi connectivity index (χ0v) is 16.2. The Labute approximate surface area is 164 Å². The fourth-order valence-corrected chi connectivity index (χ4v) is 3.97. The molecule has 2 fully saturated rings. The van der Waals surface area contributed by atoms with E-state index in [0.717, 1.165) is 17.7 Å². The SMILES string of the molecule is CC(=O)c1ccccc1OCCOC(=O)[C@H](C)N1C(=O)[C@H]2CCCC[C@H]2C1=O. The van der Waals surface area contributed by atoms with Crippen LogP contribution >= 0.6 is 0 Å². The molecule has 0 N–H and O–H groups in total. The fraction of sp³-hybridized carbons (Fsp3) is 0.524. The van der Waals surface area contributed by atoms with Gasteiger partial charge < -0.3 is 9.47 Å². The smallest absolute Gasteiger partial charge is 0.329 e. The number of carbonyl (C=O) groups is 4. The Morgan fingerprint density at radius 1 is 1.07 bits per heavy atom. The second kappa shape index (κ2) is 8.54. The van der Waals surface area contributed by atoms with Crippen molar-refractivity contribution in [2.24, 2.45) is 11.8 Å². The zero-order chi connectivity index (χ0) is 20.3. The predicted molar refractivity (Wildman–Crippen MR) is 99.7 cm³/mol. The number of ether oxygens (including phenoxy) is 2. The third-order valence-electron chi connectivity index (χ3n) is 5.46. The number of esters is 1. The van der Waals surface area contributed by atoms with E-state index >= 15 is 0 Å². The number of benzene rings is 1. The Hall–Kier alpha value is -2.70. The minimum absolute atomic E-state index is 0.0432. The first-order chi connectivity index (χ1) is 13.4. The quantitative estimate of drug-likeness (QED) is 0.309. The van der Waals surface area contributed by atoms with Gasteiger partial charge in [0.2, 0.25) is 11.8 Å². The molecule has 2 aliphatic rings. The maximum atomic E-state index is 12.6. The molecule has 1 aromatic rings. The molecule has 0 spiro atoms. The fourth-order valence-electron chi connectivity index (χ4n) is 3.97. The number of ketones is 1. The molecule has 7 heteroatoms. The van der Waals surface area contributed by atoms with Crippen LogP contribution in [0.5, 0.6) is 5.75 Å². The van der Waals surface area contributed by atoms with Gasteiger partial charge in [-0.05, 0) is 38.8 Å². The topological polar surface area (TPSA) is 90.0 Å². The lowest BCUT2D eigenvalue weighted by Gasteiger charge is -2.21. The maximum absolute atomic E-state index is 12.6. The number of fused-ring (bicyclic) bond motifs is 1. The van der Waals surface area contributed by atoms with Crippen LogP contribution < -0.4 is 4.74 Å². The number of para-hydroxylation sites is 1. The molecule has 1 aliphatic heterocycles. The largest absolute Gasteiger partial charge is 0.489 e. The third kappa shape index (κ3) is 3.93. The van der Waals surface area contributed by atoms with Crippen molar-refractivity contribution in [2.45, 2.75) is 45.6 Å². The van der Waals surface area contributed by atoms with E-state index in [2.05, 4.69) is 0 Å². The van der Waals surface area contributed by atoms with Crippen molar-refractivity contribution in [3.8, 4) is 5.75 Å². The molecule has 3 rings (SSSR count). The van der Waals surface area contributed by atoms with Crippen LogP contribution in [0, 0.1) is 11.8 Å². The van der Waals surface area contributed by atoms with Crippen molar-refractivity contribution in [3.05, 3.63) is 29.8 Å². The number of hydrogen-bond donors (Lipinski definition) is 0. The van der Waals surface area contributed by atoms with E-state index in [1.54, 1.807) is 24.3 Å². The van der Waals surface area contributed by atoms with Crippen LogP contribution in [0.2, 0.25) is 0 Å². The van der Waals surface area contributed by atoms with E-state index in [-0.39, 0.29) is 42.6 Å². The van der Waals surface area contributed by atoms with Gasteiger partial charge in [-0.25, -0.2) is 4.79 Å². The third-order valence-corrected chi connectivity index (χ3v) is 5.46. The van der Waals surface area contributed by atoms with Gasteiger partial charge >= 0.3 is 5.97 Å². The molecule has 1 heterocycles. The lowest BCUT2D eigenvalue weighted by Crippen LogP contribution is -2.44. The van der Waals surface area contributed by atoms with Crippen LogP contribution in [0.15, 0.2) is 24.3 Å². The van der Waals surface area contributed by atoms with Crippen molar-refractivity contribution < 1.29 is 28.7 Å². The average molecular weight is 387 g/mol. The number of imide groups is 1. The number of hydrogen-bond acceptors (Lipinski definition) is 6. The first kappa shape index (κ1) is 20.0. The summed E-state index contributed by atoms with van der Waals surface area (Å²) in [5.74, 6) is -1.42. The molecule has 0 aromatic heterocycles. The number of amides is 2. The van der Waals surface area contributed by atoms with E-state index in [9.17, 15) is 19.2 Å². The summed E-state index contributed by atoms with van der Waals surface area (Å²) in [6.45, 7) is 2.99. The molecule has 150 valence electrons. The van der Waals surface area contributed by atoms with Gasteiger partial charge in [-0.3, -0.25) is 19.3 Å². The lowest BCUT2D eigenvalue weighted by atomic mass is 9.81. The van der Waals surface area contributed by atoms with E-state index in [1.807, 2.05) is 0 Å². The van der Waals surface area contributed by atoms with Gasteiger partial charge in [-0.1, -0.05) is 25.0 Å². The van der Waals surface area contributed by atoms with Crippen molar-refractivity contribution in [1.29, 1.82) is 0 Å². The summed E-state index contributed by atoms with van der Waals surface area (Å²) in [5, 5.41) is 0. The standard InChI is InChI=1S/C21H25NO6/c1-13(22-19(24)16-8-3-4-9-17(16)20(22)25)21(26)28-12-11-27-18-10-6-5-7-15(18)14(2)23/h5-7,10,13,16-17H,3-4,8-9,11-12H2,1-2H3/t13-,16-,17+/m0/s1. The monoisotopic (exact) mass is 387 g/mol. The van der Waals surface area contributed by atoms with Crippen LogP contribution in [0.25, 0.3) is 0 Å². The average Bonchev–Trinajstić information content (AvgIpc) is 2.95. The summed E-state index contributed by atoms with van der Waals surface area (Å²) in [5.41, 5.74) is 0.457. The van der Waals surface area contributed by atoms with E-state index in [1.165, 1.54) is 13.8 Å². The molecule has 1 saturated heterocycles. The molecule has 0 radical (unpaired) electrons.